The summed E-state index contributed by atoms with van der Waals surface area (Å²) >= 11 is 0. The smallest absolute Gasteiger partial charge is 0.276 e. The summed E-state index contributed by atoms with van der Waals surface area (Å²) in [6, 6.07) is 18.4. The van der Waals surface area contributed by atoms with Gasteiger partial charge in [0.2, 0.25) is 5.79 Å². The van der Waals surface area contributed by atoms with Gasteiger partial charge in [-0.2, -0.15) is 5.01 Å². The third-order valence-electron chi connectivity index (χ3n) is 9.34. The Morgan fingerprint density at radius 2 is 1.30 bits per heavy atom. The minimum absolute atomic E-state index is 0.232. The van der Waals surface area contributed by atoms with Crippen LogP contribution < -0.4 is 0 Å². The van der Waals surface area contributed by atoms with Crippen molar-refractivity contribution in [3.8, 4) is 0 Å². The molecule has 0 radical (unpaired) electrons. The number of ether oxygens (including phenoxy) is 1. The average molecular weight is 545 g/mol. The molecule has 40 heavy (non-hydrogen) atoms. The van der Waals surface area contributed by atoms with E-state index in [2.05, 4.69) is 0 Å². The summed E-state index contributed by atoms with van der Waals surface area (Å²) in [6.45, 7) is 0. The van der Waals surface area contributed by atoms with Gasteiger partial charge >= 0.3 is 0 Å². The molecule has 0 aromatic heterocycles. The van der Waals surface area contributed by atoms with Gasteiger partial charge in [0.25, 0.3) is 11.8 Å². The molecule has 2 amide bonds. The fraction of sp³-hybridized carbons (Fsp3) is 0.355. The maximum absolute atomic E-state index is 14.1. The highest BCUT2D eigenvalue weighted by atomic mass is 19.1. The molecule has 2 aliphatic carbocycles. The molecule has 8 rings (SSSR count). The number of amides is 2. The summed E-state index contributed by atoms with van der Waals surface area (Å²) in [5.74, 6) is -2.57. The first-order valence-electron chi connectivity index (χ1n) is 13.7. The first kappa shape index (κ1) is 24.3. The Morgan fingerprint density at radius 1 is 0.725 bits per heavy atom. The van der Waals surface area contributed by atoms with Gasteiger partial charge in [0, 0.05) is 19.3 Å². The van der Waals surface area contributed by atoms with E-state index in [1.54, 1.807) is 53.5 Å². The predicted molar refractivity (Wildman–Crippen MR) is 136 cm³/mol. The number of hydrazine groups is 1. The van der Waals surface area contributed by atoms with Crippen LogP contribution in [0, 0.1) is 11.6 Å². The van der Waals surface area contributed by atoms with Crippen molar-refractivity contribution in [1.29, 1.82) is 0 Å². The van der Waals surface area contributed by atoms with E-state index in [1.165, 1.54) is 29.3 Å². The molecule has 1 unspecified atom stereocenters. The molecule has 2 saturated carbocycles. The molecule has 1 spiro atoms. The first-order chi connectivity index (χ1) is 19.4. The maximum Gasteiger partial charge on any atom is 0.276 e. The number of fused-ring (bicyclic) bond motifs is 4. The Kier molecular flexibility index (Phi) is 5.02. The first-order valence-corrected chi connectivity index (χ1v) is 13.7. The van der Waals surface area contributed by atoms with Crippen LogP contribution in [0.25, 0.3) is 0 Å². The van der Waals surface area contributed by atoms with Crippen molar-refractivity contribution in [2.24, 2.45) is 0 Å². The van der Waals surface area contributed by atoms with Crippen molar-refractivity contribution in [3.63, 3.8) is 0 Å². The number of nitrogens with zero attached hydrogens (tertiary/aromatic N) is 2. The second kappa shape index (κ2) is 8.27. The van der Waals surface area contributed by atoms with Crippen molar-refractivity contribution in [3.05, 3.63) is 107 Å². The molecule has 5 aliphatic rings. The van der Waals surface area contributed by atoms with E-state index in [0.717, 1.165) is 24.8 Å². The number of halogens is 2. The molecule has 204 valence electrons. The van der Waals surface area contributed by atoms with Gasteiger partial charge in [-0.25, -0.2) is 23.6 Å². The van der Waals surface area contributed by atoms with E-state index in [1.807, 2.05) is 0 Å². The van der Waals surface area contributed by atoms with Gasteiger partial charge in [-0.1, -0.05) is 42.8 Å². The zero-order chi connectivity index (χ0) is 27.3. The second-order valence-electron chi connectivity index (χ2n) is 11.4. The van der Waals surface area contributed by atoms with E-state index in [9.17, 15) is 18.4 Å². The normalized spacial score (nSPS) is 33.5. The van der Waals surface area contributed by atoms with Crippen molar-refractivity contribution in [2.45, 2.75) is 67.6 Å². The summed E-state index contributed by atoms with van der Waals surface area (Å²) in [6.07, 6.45) is 3.74. The molecule has 0 bridgehead atoms. The molecule has 3 aliphatic heterocycles. The van der Waals surface area contributed by atoms with Crippen LogP contribution in [0.2, 0.25) is 0 Å². The summed E-state index contributed by atoms with van der Waals surface area (Å²) < 4.78 is 35.0. The number of hydrogen-bond acceptors (Lipinski definition) is 6. The molecular weight excluding hydrogens is 518 g/mol. The van der Waals surface area contributed by atoms with Gasteiger partial charge in [-0.15, -0.1) is 0 Å². The summed E-state index contributed by atoms with van der Waals surface area (Å²) in [7, 11) is 0. The third kappa shape index (κ3) is 3.11. The van der Waals surface area contributed by atoms with Gasteiger partial charge in [-0.05, 0) is 60.4 Å². The maximum atomic E-state index is 14.1. The van der Waals surface area contributed by atoms with Crippen molar-refractivity contribution in [1.82, 2.24) is 10.0 Å². The Bertz CT molecular complexity index is 1510. The van der Waals surface area contributed by atoms with Gasteiger partial charge in [0.15, 0.2) is 5.60 Å². The average Bonchev–Trinajstić information content (AvgIpc) is 3.40. The Balaban J connectivity index is 1.28. The Labute approximate surface area is 229 Å². The lowest BCUT2D eigenvalue weighted by molar-refractivity contribution is -0.537. The standard InChI is InChI=1S/C31H26F2N2O5/c32-21-12-8-19(9-13-21)30-18-31(20-10-14-22(33)15-11-20)26(38-29(39-40-31)16-4-1-5-17-29)25(30)35(30)34-27(36)23-6-2-3-7-24(23)28(34)37/h2-3,6-15,25-26H,1,4-5,16-18H2/t25-,26-,30+,31-,35?/m1/s1. The van der Waals surface area contributed by atoms with Crippen LogP contribution in [0.4, 0.5) is 8.78 Å². The van der Waals surface area contributed by atoms with Gasteiger partial charge in [-0.3, -0.25) is 9.59 Å². The van der Waals surface area contributed by atoms with Crippen LogP contribution in [-0.2, 0) is 25.7 Å². The molecule has 3 aromatic rings. The van der Waals surface area contributed by atoms with Crippen LogP contribution in [0.15, 0.2) is 72.8 Å². The molecule has 0 N–H and O–H groups in total. The van der Waals surface area contributed by atoms with Crippen LogP contribution in [0.1, 0.15) is 70.4 Å². The van der Waals surface area contributed by atoms with Crippen molar-refractivity contribution < 1.29 is 32.9 Å². The van der Waals surface area contributed by atoms with Gasteiger partial charge < -0.3 is 4.74 Å². The molecule has 9 heteroatoms. The number of piperidine rings is 1. The molecular formula is C31H26F2N2O5. The Morgan fingerprint density at radius 3 is 1.90 bits per heavy atom. The summed E-state index contributed by atoms with van der Waals surface area (Å²) in [4.78, 5) is 39.8. The van der Waals surface area contributed by atoms with E-state index in [0.29, 0.717) is 29.5 Å². The monoisotopic (exact) mass is 544 g/mol. The van der Waals surface area contributed by atoms with Gasteiger partial charge in [0.1, 0.15) is 17.7 Å². The summed E-state index contributed by atoms with van der Waals surface area (Å²) in [5.41, 5.74) is -0.0282. The molecule has 2 saturated heterocycles. The lowest BCUT2D eigenvalue weighted by atomic mass is 9.84. The van der Waals surface area contributed by atoms with Crippen LogP contribution in [0.3, 0.4) is 0 Å². The van der Waals surface area contributed by atoms with E-state index < -0.39 is 46.7 Å². The minimum Gasteiger partial charge on any atom is -0.339 e. The molecule has 3 heterocycles. The highest BCUT2D eigenvalue weighted by Gasteiger charge is 2.84. The van der Waals surface area contributed by atoms with E-state index in [4.69, 9.17) is 14.5 Å². The van der Waals surface area contributed by atoms with E-state index in [-0.39, 0.29) is 12.2 Å². The number of hydrogen-bond donors (Lipinski definition) is 0. The predicted octanol–water partition coefficient (Wildman–Crippen LogP) is 5.36. The van der Waals surface area contributed by atoms with Gasteiger partial charge in [0.05, 0.1) is 22.7 Å². The second-order valence-corrected chi connectivity index (χ2v) is 11.4. The molecule has 4 fully saturated rings. The highest BCUT2D eigenvalue weighted by molar-refractivity contribution is 6.21. The highest BCUT2D eigenvalue weighted by Crippen LogP contribution is 2.70. The number of imide groups is 1. The Hall–Kier alpha value is -3.50. The number of carbonyl (C=O) groups is 2. The topological polar surface area (TPSA) is 68.1 Å². The quantitative estimate of drug-likeness (QED) is 0.251. The summed E-state index contributed by atoms with van der Waals surface area (Å²) in [5, 5.41) is 2.99. The molecule has 3 aromatic carbocycles. The fourth-order valence-electron chi connectivity index (χ4n) is 7.45. The fourth-order valence-corrected chi connectivity index (χ4v) is 7.45. The zero-order valence-electron chi connectivity index (χ0n) is 21.5. The SMILES string of the molecule is O=C1c2ccccc2C(=O)N1N1[C@@H]2[C@H]3OC4(CCCCC4)OO[C@@]3(c3ccc(F)cc3)C[C@]21c1ccc(F)cc1. The van der Waals surface area contributed by atoms with Crippen molar-refractivity contribution >= 4 is 11.8 Å². The van der Waals surface area contributed by atoms with Crippen LogP contribution in [-0.4, -0.2) is 39.8 Å². The molecule has 5 atom stereocenters. The third-order valence-corrected chi connectivity index (χ3v) is 9.34. The lowest BCUT2D eigenvalue weighted by Gasteiger charge is -2.50. The minimum atomic E-state index is -1.15. The lowest BCUT2D eigenvalue weighted by Crippen LogP contribution is -2.59. The van der Waals surface area contributed by atoms with Crippen LogP contribution in [0.5, 0.6) is 0 Å². The molecule has 7 nitrogen and oxygen atoms in total. The largest absolute Gasteiger partial charge is 0.339 e. The van der Waals surface area contributed by atoms with Crippen molar-refractivity contribution in [2.75, 3.05) is 0 Å². The van der Waals surface area contributed by atoms with E-state index >= 15 is 0 Å². The number of benzene rings is 3. The zero-order valence-corrected chi connectivity index (χ0v) is 21.5. The number of carbonyl (C=O) groups excluding carboxylic acids is 2. The number of rotatable bonds is 3. The van der Waals surface area contributed by atoms with Crippen LogP contribution >= 0.6 is 0 Å².